The van der Waals surface area contributed by atoms with Gasteiger partial charge < -0.3 is 19.9 Å². The van der Waals surface area contributed by atoms with Gasteiger partial charge >= 0.3 is 0 Å². The van der Waals surface area contributed by atoms with Crippen molar-refractivity contribution in [3.05, 3.63) is 20.8 Å². The summed E-state index contributed by atoms with van der Waals surface area (Å²) in [6.45, 7) is 2.08. The minimum atomic E-state index is -0.0293. The monoisotopic (exact) mass is 390 g/mol. The first-order valence-electron chi connectivity index (χ1n) is 6.86. The molecule has 1 aromatic rings. The first-order chi connectivity index (χ1) is 10.4. The number of carbonyl (C=O) groups excluding carboxylic acids is 1. The van der Waals surface area contributed by atoms with Gasteiger partial charge in [0.05, 0.1) is 16.9 Å². The summed E-state index contributed by atoms with van der Waals surface area (Å²) in [6.07, 6.45) is 0. The van der Waals surface area contributed by atoms with Crippen molar-refractivity contribution >= 4 is 39.1 Å². The number of aliphatic imine (C=N–C) groups is 1. The second kappa shape index (κ2) is 9.81. The molecule has 0 bridgehead atoms. The van der Waals surface area contributed by atoms with Crippen molar-refractivity contribution in [2.75, 3.05) is 47.9 Å². The van der Waals surface area contributed by atoms with Crippen molar-refractivity contribution < 1.29 is 9.53 Å². The summed E-state index contributed by atoms with van der Waals surface area (Å²) in [4.78, 5) is 20.9. The van der Waals surface area contributed by atoms with Crippen LogP contribution in [0.2, 0.25) is 0 Å². The van der Waals surface area contributed by atoms with Crippen molar-refractivity contribution in [3.63, 3.8) is 0 Å². The first kappa shape index (κ1) is 18.9. The molecular weight excluding hydrogens is 368 g/mol. The SMILES string of the molecule is COCCNC(=NCC(=O)N(C)C)N(C)Cc1ccc(Br)s1. The van der Waals surface area contributed by atoms with E-state index in [2.05, 4.69) is 32.3 Å². The average Bonchev–Trinajstić information content (AvgIpc) is 2.87. The van der Waals surface area contributed by atoms with E-state index in [0.717, 1.165) is 10.3 Å². The molecule has 0 fully saturated rings. The third kappa shape index (κ3) is 6.76. The summed E-state index contributed by atoms with van der Waals surface area (Å²) in [7, 11) is 7.05. The quantitative estimate of drug-likeness (QED) is 0.436. The zero-order chi connectivity index (χ0) is 16.5. The maximum atomic E-state index is 11.7. The van der Waals surface area contributed by atoms with Gasteiger partial charge in [-0.05, 0) is 28.1 Å². The Morgan fingerprint density at radius 3 is 2.68 bits per heavy atom. The Hall–Kier alpha value is -1.12. The third-order valence-electron chi connectivity index (χ3n) is 2.84. The molecule has 0 aromatic carbocycles. The van der Waals surface area contributed by atoms with Gasteiger partial charge in [-0.3, -0.25) is 4.79 Å². The Labute approximate surface area is 144 Å². The maximum Gasteiger partial charge on any atom is 0.243 e. The molecule has 6 nitrogen and oxygen atoms in total. The molecule has 22 heavy (non-hydrogen) atoms. The Bertz CT molecular complexity index is 505. The van der Waals surface area contributed by atoms with Crippen LogP contribution in [0, 0.1) is 0 Å². The molecule has 0 aliphatic rings. The lowest BCUT2D eigenvalue weighted by Crippen LogP contribution is -2.40. The maximum absolute atomic E-state index is 11.7. The molecule has 1 amide bonds. The van der Waals surface area contributed by atoms with Gasteiger partial charge in [0.15, 0.2) is 5.96 Å². The van der Waals surface area contributed by atoms with Crippen LogP contribution in [0.1, 0.15) is 4.88 Å². The molecule has 0 aliphatic heterocycles. The number of guanidine groups is 1. The zero-order valence-electron chi connectivity index (χ0n) is 13.4. The molecule has 124 valence electrons. The number of ether oxygens (including phenoxy) is 1. The average molecular weight is 391 g/mol. The summed E-state index contributed by atoms with van der Waals surface area (Å²) < 4.78 is 6.14. The molecule has 1 N–H and O–H groups in total. The van der Waals surface area contributed by atoms with Crippen LogP contribution >= 0.6 is 27.3 Å². The Morgan fingerprint density at radius 2 is 2.14 bits per heavy atom. The van der Waals surface area contributed by atoms with Gasteiger partial charge in [-0.2, -0.15) is 0 Å². The van der Waals surface area contributed by atoms with Crippen molar-refractivity contribution in [2.45, 2.75) is 6.54 Å². The van der Waals surface area contributed by atoms with E-state index >= 15 is 0 Å². The number of nitrogens with zero attached hydrogens (tertiary/aromatic N) is 3. The number of thiophene rings is 1. The summed E-state index contributed by atoms with van der Waals surface area (Å²) in [6, 6.07) is 4.10. The molecule has 8 heteroatoms. The molecule has 0 saturated carbocycles. The fourth-order valence-electron chi connectivity index (χ4n) is 1.61. The van der Waals surface area contributed by atoms with Crippen LogP contribution in [0.15, 0.2) is 20.9 Å². The second-order valence-electron chi connectivity index (χ2n) is 4.91. The minimum Gasteiger partial charge on any atom is -0.383 e. The first-order valence-corrected chi connectivity index (χ1v) is 8.47. The number of carbonyl (C=O) groups is 1. The molecular formula is C14H23BrN4O2S. The van der Waals surface area contributed by atoms with Gasteiger partial charge in [0.2, 0.25) is 5.91 Å². The van der Waals surface area contributed by atoms with Crippen molar-refractivity contribution in [1.29, 1.82) is 0 Å². The molecule has 1 heterocycles. The van der Waals surface area contributed by atoms with E-state index in [1.54, 1.807) is 32.5 Å². The van der Waals surface area contributed by atoms with Crippen molar-refractivity contribution in [2.24, 2.45) is 4.99 Å². The lowest BCUT2D eigenvalue weighted by atomic mass is 10.4. The Kier molecular flexibility index (Phi) is 8.44. The van der Waals surface area contributed by atoms with Crippen LogP contribution in [0.4, 0.5) is 0 Å². The van der Waals surface area contributed by atoms with E-state index in [1.807, 2.05) is 18.0 Å². The molecule has 1 aromatic heterocycles. The van der Waals surface area contributed by atoms with E-state index in [1.165, 1.54) is 9.78 Å². The highest BCUT2D eigenvalue weighted by Crippen LogP contribution is 2.22. The van der Waals surface area contributed by atoms with Gasteiger partial charge in [0, 0.05) is 39.7 Å². The number of likely N-dealkylation sites (N-methyl/N-ethyl adjacent to an activating group) is 1. The Morgan fingerprint density at radius 1 is 1.41 bits per heavy atom. The highest BCUT2D eigenvalue weighted by molar-refractivity contribution is 9.11. The lowest BCUT2D eigenvalue weighted by Gasteiger charge is -2.22. The van der Waals surface area contributed by atoms with E-state index in [-0.39, 0.29) is 12.5 Å². The second-order valence-corrected chi connectivity index (χ2v) is 7.46. The third-order valence-corrected chi connectivity index (χ3v) is 4.44. The standard InChI is InChI=1S/C14H23BrN4O2S/c1-18(2)13(20)9-17-14(16-7-8-21-4)19(3)10-11-5-6-12(15)22-11/h5-6H,7-10H2,1-4H3,(H,16,17). The van der Waals surface area contributed by atoms with E-state index in [9.17, 15) is 4.79 Å². The normalized spacial score (nSPS) is 11.4. The van der Waals surface area contributed by atoms with Crippen LogP contribution in [0.3, 0.4) is 0 Å². The highest BCUT2D eigenvalue weighted by Gasteiger charge is 2.10. The van der Waals surface area contributed by atoms with Crippen LogP contribution in [0.5, 0.6) is 0 Å². The van der Waals surface area contributed by atoms with Crippen LogP contribution in [-0.4, -0.2) is 69.6 Å². The number of methoxy groups -OCH3 is 1. The van der Waals surface area contributed by atoms with Gasteiger partial charge in [-0.15, -0.1) is 11.3 Å². The number of hydrogen-bond acceptors (Lipinski definition) is 4. The Balaban J connectivity index is 2.69. The van der Waals surface area contributed by atoms with Crippen LogP contribution in [-0.2, 0) is 16.1 Å². The summed E-state index contributed by atoms with van der Waals surface area (Å²) in [5.41, 5.74) is 0. The molecule has 0 aliphatic carbocycles. The molecule has 0 saturated heterocycles. The van der Waals surface area contributed by atoms with Gasteiger partial charge in [0.1, 0.15) is 6.54 Å². The van der Waals surface area contributed by atoms with Crippen molar-refractivity contribution in [3.8, 4) is 0 Å². The smallest absolute Gasteiger partial charge is 0.243 e. The van der Waals surface area contributed by atoms with E-state index in [4.69, 9.17) is 4.74 Å². The minimum absolute atomic E-state index is 0.0293. The van der Waals surface area contributed by atoms with Crippen LogP contribution < -0.4 is 5.32 Å². The van der Waals surface area contributed by atoms with Gasteiger partial charge in [0.25, 0.3) is 0 Å². The lowest BCUT2D eigenvalue weighted by molar-refractivity contribution is -0.127. The number of halogens is 1. The largest absolute Gasteiger partial charge is 0.383 e. The number of hydrogen-bond donors (Lipinski definition) is 1. The molecule has 0 atom stereocenters. The fourth-order valence-corrected chi connectivity index (χ4v) is 3.14. The van der Waals surface area contributed by atoms with E-state index < -0.39 is 0 Å². The number of nitrogens with one attached hydrogen (secondary N) is 1. The van der Waals surface area contributed by atoms with Gasteiger partial charge in [-0.1, -0.05) is 0 Å². The molecule has 1 rings (SSSR count). The summed E-state index contributed by atoms with van der Waals surface area (Å²) in [5, 5.41) is 3.21. The fraction of sp³-hybridized carbons (Fsp3) is 0.571. The zero-order valence-corrected chi connectivity index (χ0v) is 15.8. The highest BCUT2D eigenvalue weighted by atomic mass is 79.9. The predicted octanol–water partition coefficient (Wildman–Crippen LogP) is 1.62. The van der Waals surface area contributed by atoms with Crippen LogP contribution in [0.25, 0.3) is 0 Å². The number of rotatable bonds is 7. The topological polar surface area (TPSA) is 57.2 Å². The van der Waals surface area contributed by atoms with Crippen molar-refractivity contribution in [1.82, 2.24) is 15.1 Å². The van der Waals surface area contributed by atoms with Gasteiger partial charge in [-0.25, -0.2) is 4.99 Å². The predicted molar refractivity (Wildman–Crippen MR) is 94.4 cm³/mol. The van der Waals surface area contributed by atoms with E-state index in [0.29, 0.717) is 19.1 Å². The number of amides is 1. The molecule has 0 unspecified atom stereocenters. The summed E-state index contributed by atoms with van der Waals surface area (Å²) >= 11 is 5.15. The molecule has 0 spiro atoms. The summed E-state index contributed by atoms with van der Waals surface area (Å²) in [5.74, 6) is 0.662. The molecule has 0 radical (unpaired) electrons.